The molecular formula is C3H7O3. The maximum atomic E-state index is 9.45. The van der Waals surface area contributed by atoms with E-state index < -0.39 is 12.4 Å². The van der Waals surface area contributed by atoms with E-state index >= 15 is 0 Å². The Morgan fingerprint density at radius 2 is 1.83 bits per heavy atom. The average Bonchev–Trinajstić information content (AvgIpc) is 1.35. The molecule has 37 valence electrons. The van der Waals surface area contributed by atoms with Gasteiger partial charge in [0.2, 0.25) is 0 Å². The van der Waals surface area contributed by atoms with Crippen molar-refractivity contribution in [2.45, 2.75) is 12.7 Å². The van der Waals surface area contributed by atoms with Crippen molar-refractivity contribution in [1.29, 1.82) is 0 Å². The van der Waals surface area contributed by atoms with E-state index in [1.54, 1.807) is 0 Å². The highest BCUT2D eigenvalue weighted by molar-refractivity contribution is 4.47. The summed E-state index contributed by atoms with van der Waals surface area (Å²) >= 11 is 0. The zero-order chi connectivity index (χ0) is 5.21. The number of aliphatic hydroxyl groups is 2. The second-order valence-electron chi connectivity index (χ2n) is 1.36. The molecule has 0 fully saturated rings. The predicted molar refractivity (Wildman–Crippen MR) is 18.4 cm³/mol. The number of hydrogen-bond donors (Lipinski definition) is 2. The molecule has 0 unspecified atom stereocenters. The van der Waals surface area contributed by atoms with Gasteiger partial charge in [0.1, 0.15) is 6.61 Å². The summed E-state index contributed by atoms with van der Waals surface area (Å²) in [5.41, 5.74) is 0. The second-order valence-corrected chi connectivity index (χ2v) is 1.36. The molecule has 0 bridgehead atoms. The molecule has 6 heavy (non-hydrogen) atoms. The van der Waals surface area contributed by atoms with E-state index in [0.717, 1.165) is 6.92 Å². The van der Waals surface area contributed by atoms with E-state index in [2.05, 4.69) is 0 Å². The summed E-state index contributed by atoms with van der Waals surface area (Å²) in [6, 6.07) is 0. The van der Waals surface area contributed by atoms with Crippen molar-refractivity contribution in [3.05, 3.63) is 0 Å². The molecule has 0 saturated heterocycles. The molecule has 0 aromatic rings. The standard InChI is InChI=1S/C3H7O3/c1-3(5,6)2-4/h5-6H,2H2,1H3. The largest absolute Gasteiger partial charge is 0.364 e. The molecule has 0 atom stereocenters. The van der Waals surface area contributed by atoms with Gasteiger partial charge >= 0.3 is 0 Å². The molecule has 0 rings (SSSR count). The molecule has 0 aliphatic heterocycles. The monoisotopic (exact) mass is 91.0 g/mol. The highest BCUT2D eigenvalue weighted by Crippen LogP contribution is 1.90. The first-order valence-corrected chi connectivity index (χ1v) is 1.59. The third-order valence-corrected chi connectivity index (χ3v) is 0.273. The Kier molecular flexibility index (Phi) is 1.52. The molecule has 0 heterocycles. The van der Waals surface area contributed by atoms with Gasteiger partial charge in [0.25, 0.3) is 0 Å². The summed E-state index contributed by atoms with van der Waals surface area (Å²) in [6.45, 7) is 0.174. The van der Waals surface area contributed by atoms with Crippen LogP contribution in [0.25, 0.3) is 0 Å². The molecule has 3 heteroatoms. The molecule has 0 aliphatic carbocycles. The smallest absolute Gasteiger partial charge is 0.187 e. The minimum Gasteiger partial charge on any atom is -0.364 e. The lowest BCUT2D eigenvalue weighted by atomic mass is 10.4. The lowest BCUT2D eigenvalue weighted by Gasteiger charge is -2.07. The Hall–Kier alpha value is -0.120. The van der Waals surface area contributed by atoms with E-state index in [9.17, 15) is 5.11 Å². The highest BCUT2D eigenvalue weighted by Gasteiger charge is 2.11. The molecule has 3 nitrogen and oxygen atoms in total. The third-order valence-electron chi connectivity index (χ3n) is 0.273. The molecule has 0 aromatic heterocycles. The average molecular weight is 91.1 g/mol. The summed E-state index contributed by atoms with van der Waals surface area (Å²) in [5.74, 6) is -2.01. The molecule has 0 spiro atoms. The van der Waals surface area contributed by atoms with Gasteiger partial charge in [-0.25, -0.2) is 5.11 Å². The van der Waals surface area contributed by atoms with Crippen LogP contribution in [0.3, 0.4) is 0 Å². The first kappa shape index (κ1) is 5.88. The van der Waals surface area contributed by atoms with Crippen molar-refractivity contribution in [2.24, 2.45) is 0 Å². The Bertz CT molecular complexity index is 35.8. The van der Waals surface area contributed by atoms with Crippen molar-refractivity contribution < 1.29 is 15.3 Å². The Balaban J connectivity index is 3.17. The van der Waals surface area contributed by atoms with Crippen LogP contribution >= 0.6 is 0 Å². The lowest BCUT2D eigenvalue weighted by molar-refractivity contribution is -0.183. The number of rotatable bonds is 1. The zero-order valence-corrected chi connectivity index (χ0v) is 3.51. The van der Waals surface area contributed by atoms with Crippen LogP contribution in [0.4, 0.5) is 0 Å². The molecule has 1 radical (unpaired) electrons. The fourth-order valence-electron chi connectivity index (χ4n) is 0. The Morgan fingerprint density at radius 1 is 1.67 bits per heavy atom. The quantitative estimate of drug-likeness (QED) is 0.411. The van der Waals surface area contributed by atoms with Gasteiger partial charge in [-0.05, 0) is 6.92 Å². The Morgan fingerprint density at radius 3 is 1.83 bits per heavy atom. The van der Waals surface area contributed by atoms with Crippen molar-refractivity contribution in [3.63, 3.8) is 0 Å². The summed E-state index contributed by atoms with van der Waals surface area (Å²) in [5, 5.41) is 25.6. The SMILES string of the molecule is CC(O)(O)C[O]. The van der Waals surface area contributed by atoms with E-state index in [4.69, 9.17) is 10.2 Å². The van der Waals surface area contributed by atoms with E-state index in [-0.39, 0.29) is 0 Å². The first-order chi connectivity index (χ1) is 2.56. The van der Waals surface area contributed by atoms with Crippen molar-refractivity contribution >= 4 is 0 Å². The van der Waals surface area contributed by atoms with Crippen LogP contribution in [0, 0.1) is 0 Å². The van der Waals surface area contributed by atoms with Crippen LogP contribution < -0.4 is 0 Å². The van der Waals surface area contributed by atoms with Crippen LogP contribution in [-0.2, 0) is 5.11 Å². The summed E-state index contributed by atoms with van der Waals surface area (Å²) in [6.07, 6.45) is 0. The molecule has 0 aliphatic rings. The van der Waals surface area contributed by atoms with Crippen LogP contribution in [0.1, 0.15) is 6.92 Å². The van der Waals surface area contributed by atoms with Crippen molar-refractivity contribution in [2.75, 3.05) is 6.61 Å². The van der Waals surface area contributed by atoms with Crippen LogP contribution in [0.2, 0.25) is 0 Å². The fourth-order valence-corrected chi connectivity index (χ4v) is 0. The van der Waals surface area contributed by atoms with Gasteiger partial charge in [-0.2, -0.15) is 0 Å². The summed E-state index contributed by atoms with van der Waals surface area (Å²) < 4.78 is 0. The molecule has 0 saturated carbocycles. The topological polar surface area (TPSA) is 60.4 Å². The number of hydrogen-bond acceptors (Lipinski definition) is 2. The summed E-state index contributed by atoms with van der Waals surface area (Å²) in [4.78, 5) is 0. The molecular weight excluding hydrogens is 84.0 g/mol. The van der Waals surface area contributed by atoms with Crippen LogP contribution in [-0.4, -0.2) is 22.6 Å². The van der Waals surface area contributed by atoms with E-state index in [0.29, 0.717) is 0 Å². The first-order valence-electron chi connectivity index (χ1n) is 1.59. The van der Waals surface area contributed by atoms with Gasteiger partial charge in [-0.15, -0.1) is 0 Å². The lowest BCUT2D eigenvalue weighted by Crippen LogP contribution is -2.26. The van der Waals surface area contributed by atoms with Crippen molar-refractivity contribution in [3.8, 4) is 0 Å². The van der Waals surface area contributed by atoms with Gasteiger partial charge in [0, 0.05) is 0 Å². The van der Waals surface area contributed by atoms with Gasteiger partial charge in [0.15, 0.2) is 5.79 Å². The molecule has 2 N–H and O–H groups in total. The van der Waals surface area contributed by atoms with Gasteiger partial charge in [0.05, 0.1) is 0 Å². The molecule has 0 aromatic carbocycles. The highest BCUT2D eigenvalue weighted by atomic mass is 16.5. The third kappa shape index (κ3) is 3.88. The van der Waals surface area contributed by atoms with Crippen LogP contribution in [0.15, 0.2) is 0 Å². The van der Waals surface area contributed by atoms with E-state index in [1.807, 2.05) is 0 Å². The van der Waals surface area contributed by atoms with Gasteiger partial charge in [-0.3, -0.25) is 0 Å². The minimum atomic E-state index is -2.01. The van der Waals surface area contributed by atoms with E-state index in [1.165, 1.54) is 0 Å². The normalized spacial score (nSPS) is 12.0. The Labute approximate surface area is 35.9 Å². The fraction of sp³-hybridized carbons (Fsp3) is 1.00. The second kappa shape index (κ2) is 1.55. The van der Waals surface area contributed by atoms with Gasteiger partial charge < -0.3 is 10.2 Å². The van der Waals surface area contributed by atoms with Crippen molar-refractivity contribution in [1.82, 2.24) is 0 Å². The maximum Gasteiger partial charge on any atom is 0.187 e. The molecule has 0 amide bonds. The summed E-state index contributed by atoms with van der Waals surface area (Å²) in [7, 11) is 0. The van der Waals surface area contributed by atoms with Crippen LogP contribution in [0.5, 0.6) is 0 Å². The predicted octanol–water partition coefficient (Wildman–Crippen LogP) is -0.882. The minimum absolute atomic E-state index is 0.868. The zero-order valence-electron chi connectivity index (χ0n) is 3.51. The maximum absolute atomic E-state index is 9.45. The van der Waals surface area contributed by atoms with Gasteiger partial charge in [-0.1, -0.05) is 0 Å².